The summed E-state index contributed by atoms with van der Waals surface area (Å²) < 4.78 is 0. The van der Waals surface area contributed by atoms with Crippen molar-refractivity contribution >= 4 is 98.7 Å². The first-order valence-corrected chi connectivity index (χ1v) is 28.6. The Hall–Kier alpha value is -6.19. The zero-order valence-corrected chi connectivity index (χ0v) is 39.6. The molecule has 0 amide bonds. The predicted molar refractivity (Wildman–Crippen MR) is 269 cm³/mol. The van der Waals surface area contributed by atoms with E-state index in [0.29, 0.717) is 11.3 Å². The van der Waals surface area contributed by atoms with Gasteiger partial charge >= 0.3 is 0 Å². The van der Waals surface area contributed by atoms with E-state index in [4.69, 9.17) is 6.57 Å². The van der Waals surface area contributed by atoms with Crippen LogP contribution in [0.2, 0.25) is 39.3 Å². The molecule has 8 aromatic carbocycles. The Morgan fingerprint density at radius 2 is 1.02 bits per heavy atom. The highest BCUT2D eigenvalue weighted by molar-refractivity contribution is 6.89. The van der Waals surface area contributed by atoms with Crippen LogP contribution >= 0.6 is 0 Å². The van der Waals surface area contributed by atoms with Crippen molar-refractivity contribution in [3.05, 3.63) is 161 Å². The van der Waals surface area contributed by atoms with Gasteiger partial charge in [0.25, 0.3) is 0 Å². The van der Waals surface area contributed by atoms with Crippen molar-refractivity contribution in [1.82, 2.24) is 0 Å². The normalized spacial score (nSPS) is 12.1. The lowest BCUT2D eigenvalue weighted by molar-refractivity contribution is 0.875. The third kappa shape index (κ3) is 7.50. The number of benzene rings is 8. The van der Waals surface area contributed by atoms with Crippen molar-refractivity contribution in [2.45, 2.75) is 85.7 Å². The standard InChI is InChI=1S/C55H56N4Si2/c1-35(2)49-32-51(58(40-22-17-38(34-56)18-23-40)42-14-13-15-44(30-42)60(7,8)9)47-28-26-46-50(36(3)4)33-52(48-29-27-45(49)54(47)55(46)48)59(41-24-19-39(57-6)20-25-41)43-21-16-37(5)53(31-43)61(10,11)12/h13-33,35-36H,1-5,7-12H3. The van der Waals surface area contributed by atoms with E-state index in [9.17, 15) is 5.26 Å². The summed E-state index contributed by atoms with van der Waals surface area (Å²) in [7, 11) is -3.36. The van der Waals surface area contributed by atoms with Crippen LogP contribution in [0.15, 0.2) is 127 Å². The molecule has 6 heteroatoms. The Kier molecular flexibility index (Phi) is 10.7. The fourth-order valence-electron chi connectivity index (χ4n) is 9.22. The third-order valence-electron chi connectivity index (χ3n) is 12.4. The lowest BCUT2D eigenvalue weighted by Gasteiger charge is -2.32. The van der Waals surface area contributed by atoms with Crippen LogP contribution in [0, 0.1) is 24.8 Å². The minimum Gasteiger partial charge on any atom is -0.310 e. The average Bonchev–Trinajstić information content (AvgIpc) is 3.23. The summed E-state index contributed by atoms with van der Waals surface area (Å²) in [5, 5.41) is 20.1. The highest BCUT2D eigenvalue weighted by atomic mass is 28.3. The summed E-state index contributed by atoms with van der Waals surface area (Å²) in [5.74, 6) is 0.516. The predicted octanol–water partition coefficient (Wildman–Crippen LogP) is 15.6. The summed E-state index contributed by atoms with van der Waals surface area (Å²) in [4.78, 5) is 8.60. The van der Waals surface area contributed by atoms with Crippen LogP contribution in [0.1, 0.15) is 61.8 Å². The molecule has 0 bridgehead atoms. The molecule has 4 nitrogen and oxygen atoms in total. The second-order valence-electron chi connectivity index (χ2n) is 19.4. The minimum atomic E-state index is -1.70. The van der Waals surface area contributed by atoms with Gasteiger partial charge in [0.2, 0.25) is 0 Å². The summed E-state index contributed by atoms with van der Waals surface area (Å²) in [6.07, 6.45) is 0. The van der Waals surface area contributed by atoms with Gasteiger partial charge in [0.15, 0.2) is 5.69 Å². The molecule has 0 aliphatic rings. The molecule has 0 spiro atoms. The maximum atomic E-state index is 9.80. The van der Waals surface area contributed by atoms with Crippen LogP contribution in [0.3, 0.4) is 0 Å². The van der Waals surface area contributed by atoms with E-state index < -0.39 is 16.1 Å². The van der Waals surface area contributed by atoms with Gasteiger partial charge in [0.1, 0.15) is 0 Å². The van der Waals surface area contributed by atoms with Gasteiger partial charge < -0.3 is 9.80 Å². The van der Waals surface area contributed by atoms with Gasteiger partial charge in [-0.1, -0.05) is 138 Å². The van der Waals surface area contributed by atoms with E-state index >= 15 is 0 Å². The molecule has 0 unspecified atom stereocenters. The van der Waals surface area contributed by atoms with E-state index in [1.165, 1.54) is 59.4 Å². The SMILES string of the molecule is [C-]#[N+]c1ccc(N(c2ccc(C)c([Si](C)(C)C)c2)c2cc(C(C)C)c3ccc4c(N(c5ccc(C#N)cc5)c5cccc([Si](C)(C)C)c5)cc(C(C)C)c5ccc2c3c54)cc1. The highest BCUT2D eigenvalue weighted by Crippen LogP contribution is 2.51. The van der Waals surface area contributed by atoms with Crippen molar-refractivity contribution in [3.63, 3.8) is 0 Å². The molecule has 0 saturated heterocycles. The maximum absolute atomic E-state index is 9.80. The maximum Gasteiger partial charge on any atom is 0.187 e. The van der Waals surface area contributed by atoms with Crippen molar-refractivity contribution in [1.29, 1.82) is 5.26 Å². The molecule has 0 N–H and O–H groups in total. The number of anilines is 6. The molecule has 8 aromatic rings. The first-order chi connectivity index (χ1) is 29.0. The Morgan fingerprint density at radius 1 is 0.541 bits per heavy atom. The van der Waals surface area contributed by atoms with Gasteiger partial charge in [0, 0.05) is 33.5 Å². The quantitative estimate of drug-likeness (QED) is 0.0782. The number of hydrogen-bond acceptors (Lipinski definition) is 3. The second kappa shape index (κ2) is 15.7. The van der Waals surface area contributed by atoms with Crippen molar-refractivity contribution in [3.8, 4) is 6.07 Å². The zero-order chi connectivity index (χ0) is 43.5. The third-order valence-corrected chi connectivity index (χ3v) is 16.6. The number of nitriles is 1. The Bertz CT molecular complexity index is 3030. The van der Waals surface area contributed by atoms with Crippen molar-refractivity contribution in [2.75, 3.05) is 9.80 Å². The molecule has 61 heavy (non-hydrogen) atoms. The topological polar surface area (TPSA) is 34.6 Å². The summed E-state index contributed by atoms with van der Waals surface area (Å²) >= 11 is 0. The Labute approximate surface area is 364 Å². The molecule has 8 rings (SSSR count). The summed E-state index contributed by atoms with van der Waals surface area (Å²) in [6, 6.07) is 48.9. The Balaban J connectivity index is 1.51. The lowest BCUT2D eigenvalue weighted by Crippen LogP contribution is -2.39. The van der Waals surface area contributed by atoms with Gasteiger partial charge in [-0.15, -0.1) is 0 Å². The van der Waals surface area contributed by atoms with E-state index in [1.807, 2.05) is 24.3 Å². The fourth-order valence-corrected chi connectivity index (χ4v) is 12.2. The van der Waals surface area contributed by atoms with Crippen molar-refractivity contribution in [2.24, 2.45) is 0 Å². The molecule has 0 atom stereocenters. The molecule has 0 fully saturated rings. The molecular formula is C55H56N4Si2. The van der Waals surface area contributed by atoms with Crippen LogP contribution < -0.4 is 20.2 Å². The van der Waals surface area contributed by atoms with Gasteiger partial charge in [-0.05, 0) is 124 Å². The van der Waals surface area contributed by atoms with E-state index in [-0.39, 0.29) is 11.8 Å². The molecular weight excluding hydrogens is 773 g/mol. The number of aryl methyl sites for hydroxylation is 1. The smallest absolute Gasteiger partial charge is 0.187 e. The zero-order valence-electron chi connectivity index (χ0n) is 37.6. The molecule has 304 valence electrons. The molecule has 0 aromatic heterocycles. The summed E-state index contributed by atoms with van der Waals surface area (Å²) in [6.45, 7) is 33.7. The van der Waals surface area contributed by atoms with E-state index in [1.54, 1.807) is 0 Å². The van der Waals surface area contributed by atoms with Gasteiger partial charge in [0.05, 0.1) is 45.7 Å². The average molecular weight is 829 g/mol. The molecule has 0 aliphatic heterocycles. The second-order valence-corrected chi connectivity index (χ2v) is 29.5. The molecule has 0 saturated carbocycles. The fraction of sp³-hybridized carbons (Fsp3) is 0.236. The molecule has 0 aliphatic carbocycles. The lowest BCUT2D eigenvalue weighted by atomic mass is 9.84. The Morgan fingerprint density at radius 3 is 1.48 bits per heavy atom. The van der Waals surface area contributed by atoms with Crippen LogP contribution in [0.5, 0.6) is 0 Å². The van der Waals surface area contributed by atoms with Crippen molar-refractivity contribution < 1.29 is 0 Å². The minimum absolute atomic E-state index is 0.258. The van der Waals surface area contributed by atoms with E-state index in [0.717, 1.165) is 34.1 Å². The first kappa shape index (κ1) is 41.5. The monoisotopic (exact) mass is 828 g/mol. The summed E-state index contributed by atoms with van der Waals surface area (Å²) in [5.41, 5.74) is 11.8. The van der Waals surface area contributed by atoms with Crippen LogP contribution in [-0.4, -0.2) is 16.1 Å². The van der Waals surface area contributed by atoms with Gasteiger partial charge in [-0.25, -0.2) is 4.85 Å². The van der Waals surface area contributed by atoms with Gasteiger partial charge in [-0.3, -0.25) is 0 Å². The van der Waals surface area contributed by atoms with Gasteiger partial charge in [-0.2, -0.15) is 5.26 Å². The highest BCUT2D eigenvalue weighted by Gasteiger charge is 2.28. The number of hydrogen-bond donors (Lipinski definition) is 0. The number of nitrogens with zero attached hydrogens (tertiary/aromatic N) is 4. The number of rotatable bonds is 10. The molecule has 0 radical (unpaired) electrons. The largest absolute Gasteiger partial charge is 0.310 e. The molecule has 0 heterocycles. The van der Waals surface area contributed by atoms with Crippen LogP contribution in [0.25, 0.3) is 37.2 Å². The van der Waals surface area contributed by atoms with Crippen LogP contribution in [-0.2, 0) is 0 Å². The van der Waals surface area contributed by atoms with E-state index in [2.05, 4.69) is 198 Å². The first-order valence-electron chi connectivity index (χ1n) is 21.6. The van der Waals surface area contributed by atoms with Crippen LogP contribution in [0.4, 0.5) is 39.8 Å².